The molecule has 182 valence electrons. The molecule has 1 atom stereocenters. The van der Waals surface area contributed by atoms with Crippen molar-refractivity contribution >= 4 is 39.9 Å². The molecule has 1 amide bonds. The summed E-state index contributed by atoms with van der Waals surface area (Å²) in [6, 6.07) is 22.9. The number of carbonyl (C=O) groups excluding carboxylic acids is 1. The van der Waals surface area contributed by atoms with Crippen molar-refractivity contribution in [3.8, 4) is 22.9 Å². The number of para-hydroxylation sites is 1. The Kier molecular flexibility index (Phi) is 6.73. The van der Waals surface area contributed by atoms with Gasteiger partial charge in [0, 0.05) is 17.0 Å². The van der Waals surface area contributed by atoms with Gasteiger partial charge in [0.15, 0.2) is 16.6 Å². The predicted molar refractivity (Wildman–Crippen MR) is 142 cm³/mol. The summed E-state index contributed by atoms with van der Waals surface area (Å²) >= 11 is 1.36. The summed E-state index contributed by atoms with van der Waals surface area (Å²) < 4.78 is 12.5. The van der Waals surface area contributed by atoms with Crippen molar-refractivity contribution in [2.75, 3.05) is 19.5 Å². The molecule has 1 N–H and O–H groups in total. The molecule has 9 heteroatoms. The van der Waals surface area contributed by atoms with Crippen LogP contribution in [0.1, 0.15) is 13.3 Å². The lowest BCUT2D eigenvalue weighted by molar-refractivity contribution is -0.115. The highest BCUT2D eigenvalue weighted by Gasteiger charge is 2.24. The summed E-state index contributed by atoms with van der Waals surface area (Å²) in [6.45, 7) is 1.97. The van der Waals surface area contributed by atoms with Crippen molar-refractivity contribution in [1.82, 2.24) is 19.6 Å². The fraction of sp³-hybridized carbons (Fsp3) is 0.185. The number of benzene rings is 3. The van der Waals surface area contributed by atoms with Crippen LogP contribution in [0.4, 0.5) is 5.69 Å². The van der Waals surface area contributed by atoms with E-state index < -0.39 is 5.25 Å². The zero-order chi connectivity index (χ0) is 25.1. The van der Waals surface area contributed by atoms with E-state index in [1.54, 1.807) is 36.9 Å². The highest BCUT2D eigenvalue weighted by atomic mass is 32.2. The quantitative estimate of drug-likeness (QED) is 0.224. The Morgan fingerprint density at radius 3 is 2.53 bits per heavy atom. The summed E-state index contributed by atoms with van der Waals surface area (Å²) in [5.74, 6) is 1.62. The number of thioether (sulfide) groups is 1. The van der Waals surface area contributed by atoms with Gasteiger partial charge in [0.05, 0.1) is 30.7 Å². The van der Waals surface area contributed by atoms with Crippen LogP contribution in [0.25, 0.3) is 27.9 Å². The first-order valence-electron chi connectivity index (χ1n) is 11.5. The molecule has 0 saturated heterocycles. The highest BCUT2D eigenvalue weighted by molar-refractivity contribution is 8.00. The standard InChI is InChI=1S/C27H25N5O3S/c1-4-23(26(33)28-21-16-18(34-2)14-15-22(21)35-3)36-27-29-20-13-9-8-12-19(20)25-30-24(31-32(25)27)17-10-6-5-7-11-17/h5-16,23H,4H2,1-3H3,(H,28,33)/t23-/m1/s1. The molecule has 0 radical (unpaired) electrons. The number of hydrogen-bond acceptors (Lipinski definition) is 7. The van der Waals surface area contributed by atoms with Gasteiger partial charge in [-0.2, -0.15) is 4.52 Å². The van der Waals surface area contributed by atoms with E-state index in [-0.39, 0.29) is 5.91 Å². The Labute approximate surface area is 212 Å². The van der Waals surface area contributed by atoms with Gasteiger partial charge in [-0.15, -0.1) is 5.10 Å². The number of nitrogens with one attached hydrogen (secondary N) is 1. The van der Waals surface area contributed by atoms with E-state index in [2.05, 4.69) is 5.32 Å². The van der Waals surface area contributed by atoms with Gasteiger partial charge < -0.3 is 14.8 Å². The van der Waals surface area contributed by atoms with Gasteiger partial charge in [-0.25, -0.2) is 9.97 Å². The van der Waals surface area contributed by atoms with E-state index in [0.29, 0.717) is 40.2 Å². The minimum absolute atomic E-state index is 0.166. The van der Waals surface area contributed by atoms with Crippen molar-refractivity contribution in [2.24, 2.45) is 0 Å². The largest absolute Gasteiger partial charge is 0.497 e. The molecule has 0 bridgehead atoms. The van der Waals surface area contributed by atoms with Crippen LogP contribution >= 0.6 is 11.8 Å². The molecule has 8 nitrogen and oxygen atoms in total. The van der Waals surface area contributed by atoms with Crippen molar-refractivity contribution in [2.45, 2.75) is 23.8 Å². The van der Waals surface area contributed by atoms with Gasteiger partial charge in [-0.1, -0.05) is 61.2 Å². The second-order valence-corrected chi connectivity index (χ2v) is 9.19. The first-order chi connectivity index (χ1) is 17.6. The third-order valence-corrected chi connectivity index (χ3v) is 7.06. The molecule has 0 aliphatic carbocycles. The van der Waals surface area contributed by atoms with E-state index in [1.807, 2.05) is 61.5 Å². The highest BCUT2D eigenvalue weighted by Crippen LogP contribution is 2.32. The summed E-state index contributed by atoms with van der Waals surface area (Å²) in [4.78, 5) is 23.0. The number of rotatable bonds is 8. The number of aromatic nitrogens is 4. The van der Waals surface area contributed by atoms with E-state index in [9.17, 15) is 4.79 Å². The first-order valence-corrected chi connectivity index (χ1v) is 12.4. The molecule has 0 fully saturated rings. The Bertz CT molecular complexity index is 1540. The van der Waals surface area contributed by atoms with Crippen molar-refractivity contribution < 1.29 is 14.3 Å². The Morgan fingerprint density at radius 1 is 1.00 bits per heavy atom. The number of ether oxygens (including phenoxy) is 2. The lowest BCUT2D eigenvalue weighted by Gasteiger charge is -2.17. The van der Waals surface area contributed by atoms with Crippen molar-refractivity contribution in [1.29, 1.82) is 0 Å². The Hall–Kier alpha value is -4.11. The zero-order valence-corrected chi connectivity index (χ0v) is 21.0. The predicted octanol–water partition coefficient (Wildman–Crippen LogP) is 5.47. The minimum Gasteiger partial charge on any atom is -0.497 e. The number of methoxy groups -OCH3 is 2. The third kappa shape index (κ3) is 4.57. The van der Waals surface area contributed by atoms with Gasteiger partial charge in [-0.05, 0) is 30.7 Å². The number of carbonyl (C=O) groups is 1. The van der Waals surface area contributed by atoms with Crippen LogP contribution in [0.5, 0.6) is 11.5 Å². The fourth-order valence-corrected chi connectivity index (χ4v) is 4.86. The van der Waals surface area contributed by atoms with E-state index in [1.165, 1.54) is 11.8 Å². The van der Waals surface area contributed by atoms with Crippen molar-refractivity contribution in [3.63, 3.8) is 0 Å². The molecule has 5 rings (SSSR count). The first kappa shape index (κ1) is 23.6. The molecule has 5 aromatic rings. The van der Waals surface area contributed by atoms with Gasteiger partial charge in [-0.3, -0.25) is 4.79 Å². The molecule has 0 spiro atoms. The molecular formula is C27H25N5O3S. The summed E-state index contributed by atoms with van der Waals surface area (Å²) in [5, 5.41) is 8.82. The summed E-state index contributed by atoms with van der Waals surface area (Å²) in [6.07, 6.45) is 0.582. The topological polar surface area (TPSA) is 90.6 Å². The maximum Gasteiger partial charge on any atom is 0.238 e. The average molecular weight is 500 g/mol. The number of amides is 1. The van der Waals surface area contributed by atoms with Crippen LogP contribution in [0, 0.1) is 0 Å². The van der Waals surface area contributed by atoms with Crippen molar-refractivity contribution in [3.05, 3.63) is 72.8 Å². The van der Waals surface area contributed by atoms with Crippen LogP contribution in [-0.2, 0) is 4.79 Å². The minimum atomic E-state index is -0.429. The van der Waals surface area contributed by atoms with Crippen LogP contribution in [0.3, 0.4) is 0 Å². The lowest BCUT2D eigenvalue weighted by atomic mass is 10.2. The maximum atomic E-state index is 13.3. The van der Waals surface area contributed by atoms with Crippen LogP contribution in [0.2, 0.25) is 0 Å². The fourth-order valence-electron chi connectivity index (χ4n) is 3.89. The van der Waals surface area contributed by atoms with Gasteiger partial charge >= 0.3 is 0 Å². The molecular weight excluding hydrogens is 474 g/mol. The third-order valence-electron chi connectivity index (χ3n) is 5.76. The molecule has 3 aromatic carbocycles. The summed E-state index contributed by atoms with van der Waals surface area (Å²) in [5.41, 5.74) is 2.96. The van der Waals surface area contributed by atoms with Gasteiger partial charge in [0.25, 0.3) is 0 Å². The molecule has 0 saturated carbocycles. The number of fused-ring (bicyclic) bond motifs is 3. The molecule has 0 aliphatic heterocycles. The number of hydrogen-bond donors (Lipinski definition) is 1. The monoisotopic (exact) mass is 499 g/mol. The molecule has 2 heterocycles. The SMILES string of the molecule is CC[C@@H](Sc1nc2ccccc2c2nc(-c3ccccc3)nn12)C(=O)Nc1cc(OC)ccc1OC. The van der Waals surface area contributed by atoms with Gasteiger partial charge in [0.2, 0.25) is 5.91 Å². The second kappa shape index (κ2) is 10.2. The molecule has 0 unspecified atom stereocenters. The van der Waals surface area contributed by atoms with E-state index in [4.69, 9.17) is 24.5 Å². The molecule has 2 aromatic heterocycles. The maximum absolute atomic E-state index is 13.3. The normalized spacial score (nSPS) is 12.0. The van der Waals surface area contributed by atoms with Crippen LogP contribution < -0.4 is 14.8 Å². The Morgan fingerprint density at radius 2 is 1.78 bits per heavy atom. The van der Waals surface area contributed by atoms with Gasteiger partial charge in [0.1, 0.15) is 11.5 Å². The molecule has 0 aliphatic rings. The van der Waals surface area contributed by atoms with E-state index >= 15 is 0 Å². The summed E-state index contributed by atoms with van der Waals surface area (Å²) in [7, 11) is 3.14. The van der Waals surface area contributed by atoms with Crippen LogP contribution in [0.15, 0.2) is 78.0 Å². The second-order valence-electron chi connectivity index (χ2n) is 8.02. The average Bonchev–Trinajstić information content (AvgIpc) is 3.38. The lowest BCUT2D eigenvalue weighted by Crippen LogP contribution is -2.25. The van der Waals surface area contributed by atoms with Crippen LogP contribution in [-0.4, -0.2) is 45.0 Å². The number of nitrogens with zero attached hydrogens (tertiary/aromatic N) is 4. The number of anilines is 1. The Balaban J connectivity index is 1.52. The zero-order valence-electron chi connectivity index (χ0n) is 20.1. The smallest absolute Gasteiger partial charge is 0.238 e. The van der Waals surface area contributed by atoms with E-state index in [0.717, 1.165) is 16.5 Å². The molecule has 36 heavy (non-hydrogen) atoms.